The number of hydrogen-bond acceptors (Lipinski definition) is 2. The fourth-order valence-electron chi connectivity index (χ4n) is 2.63. The lowest BCUT2D eigenvalue weighted by Gasteiger charge is -2.32. The standard InChI is InChI=1S/C15H24N2/c1-2-13-5-7-14(8-6-13)11-17-9-3-4-15(10-16)12-17/h5-8,15H,2-4,9-12,16H2,1H3/t15-/m1/s1. The number of hydrogen-bond donors (Lipinski definition) is 1. The zero-order valence-electron chi connectivity index (χ0n) is 10.9. The first-order chi connectivity index (χ1) is 8.31. The molecular formula is C15H24N2. The summed E-state index contributed by atoms with van der Waals surface area (Å²) in [4.78, 5) is 2.54. The van der Waals surface area contributed by atoms with Gasteiger partial charge >= 0.3 is 0 Å². The molecule has 1 atom stereocenters. The zero-order valence-corrected chi connectivity index (χ0v) is 10.9. The van der Waals surface area contributed by atoms with Crippen LogP contribution in [0.2, 0.25) is 0 Å². The molecule has 17 heavy (non-hydrogen) atoms. The van der Waals surface area contributed by atoms with E-state index in [1.54, 1.807) is 0 Å². The third-order valence-corrected chi connectivity index (χ3v) is 3.77. The van der Waals surface area contributed by atoms with Crippen molar-refractivity contribution in [2.75, 3.05) is 19.6 Å². The maximum atomic E-state index is 5.77. The van der Waals surface area contributed by atoms with Crippen molar-refractivity contribution in [1.82, 2.24) is 4.90 Å². The van der Waals surface area contributed by atoms with Crippen molar-refractivity contribution in [2.24, 2.45) is 11.7 Å². The van der Waals surface area contributed by atoms with Crippen LogP contribution in [0.5, 0.6) is 0 Å². The molecule has 0 saturated carbocycles. The Morgan fingerprint density at radius 1 is 1.24 bits per heavy atom. The van der Waals surface area contributed by atoms with Gasteiger partial charge in [0.25, 0.3) is 0 Å². The highest BCUT2D eigenvalue weighted by Gasteiger charge is 2.18. The van der Waals surface area contributed by atoms with Gasteiger partial charge in [0.05, 0.1) is 0 Å². The predicted molar refractivity (Wildman–Crippen MR) is 72.9 cm³/mol. The van der Waals surface area contributed by atoms with E-state index < -0.39 is 0 Å². The Morgan fingerprint density at radius 3 is 2.59 bits per heavy atom. The van der Waals surface area contributed by atoms with E-state index in [2.05, 4.69) is 36.1 Å². The lowest BCUT2D eigenvalue weighted by molar-refractivity contribution is 0.171. The Morgan fingerprint density at radius 2 is 1.94 bits per heavy atom. The molecule has 2 N–H and O–H groups in total. The Hall–Kier alpha value is -0.860. The molecule has 1 aromatic rings. The van der Waals surface area contributed by atoms with Crippen LogP contribution < -0.4 is 5.73 Å². The Balaban J connectivity index is 1.90. The maximum Gasteiger partial charge on any atom is 0.0233 e. The lowest BCUT2D eigenvalue weighted by Crippen LogP contribution is -2.37. The van der Waals surface area contributed by atoms with Crippen LogP contribution in [0.1, 0.15) is 30.9 Å². The monoisotopic (exact) mass is 232 g/mol. The van der Waals surface area contributed by atoms with Gasteiger partial charge in [0.1, 0.15) is 0 Å². The number of rotatable bonds is 4. The van der Waals surface area contributed by atoms with Crippen molar-refractivity contribution < 1.29 is 0 Å². The normalized spacial score (nSPS) is 21.6. The van der Waals surface area contributed by atoms with Crippen molar-refractivity contribution in [3.8, 4) is 0 Å². The van der Waals surface area contributed by atoms with Crippen LogP contribution in [0, 0.1) is 5.92 Å². The number of aryl methyl sites for hydroxylation is 1. The number of piperidine rings is 1. The summed E-state index contributed by atoms with van der Waals surface area (Å²) in [6.07, 6.45) is 3.73. The van der Waals surface area contributed by atoms with E-state index in [4.69, 9.17) is 5.73 Å². The molecule has 2 nitrogen and oxygen atoms in total. The maximum absolute atomic E-state index is 5.77. The molecule has 0 amide bonds. The SMILES string of the molecule is CCc1ccc(CN2CCC[C@H](CN)C2)cc1. The highest BCUT2D eigenvalue weighted by Crippen LogP contribution is 2.17. The van der Waals surface area contributed by atoms with Crippen LogP contribution in [0.3, 0.4) is 0 Å². The number of nitrogens with two attached hydrogens (primary N) is 1. The van der Waals surface area contributed by atoms with E-state index in [0.29, 0.717) is 5.92 Å². The molecule has 0 radical (unpaired) electrons. The van der Waals surface area contributed by atoms with Gasteiger partial charge in [0, 0.05) is 13.1 Å². The van der Waals surface area contributed by atoms with Crippen molar-refractivity contribution >= 4 is 0 Å². The topological polar surface area (TPSA) is 29.3 Å². The van der Waals surface area contributed by atoms with Gasteiger partial charge in [-0.2, -0.15) is 0 Å². The smallest absolute Gasteiger partial charge is 0.0233 e. The van der Waals surface area contributed by atoms with Gasteiger partial charge in [0.15, 0.2) is 0 Å². The highest BCUT2D eigenvalue weighted by molar-refractivity contribution is 5.22. The highest BCUT2D eigenvalue weighted by atomic mass is 15.1. The fraction of sp³-hybridized carbons (Fsp3) is 0.600. The van der Waals surface area contributed by atoms with Gasteiger partial charge in [-0.15, -0.1) is 0 Å². The summed E-state index contributed by atoms with van der Waals surface area (Å²) in [6.45, 7) is 6.52. The first-order valence-electron chi connectivity index (χ1n) is 6.82. The number of benzene rings is 1. The van der Waals surface area contributed by atoms with E-state index in [1.807, 2.05) is 0 Å². The molecule has 0 bridgehead atoms. The van der Waals surface area contributed by atoms with Crippen molar-refractivity contribution in [3.63, 3.8) is 0 Å². The molecular weight excluding hydrogens is 208 g/mol. The third kappa shape index (κ3) is 3.55. The average molecular weight is 232 g/mol. The quantitative estimate of drug-likeness (QED) is 0.864. The second kappa shape index (κ2) is 6.18. The lowest BCUT2D eigenvalue weighted by atomic mass is 9.98. The van der Waals surface area contributed by atoms with Gasteiger partial charge < -0.3 is 5.73 Å². The molecule has 94 valence electrons. The van der Waals surface area contributed by atoms with E-state index in [-0.39, 0.29) is 0 Å². The predicted octanol–water partition coefficient (Wildman–Crippen LogP) is 2.42. The second-order valence-corrected chi connectivity index (χ2v) is 5.15. The van der Waals surface area contributed by atoms with Gasteiger partial charge in [-0.05, 0) is 49.4 Å². The summed E-state index contributed by atoms with van der Waals surface area (Å²) < 4.78 is 0. The van der Waals surface area contributed by atoms with Crippen molar-refractivity contribution in [3.05, 3.63) is 35.4 Å². The summed E-state index contributed by atoms with van der Waals surface area (Å²) >= 11 is 0. The van der Waals surface area contributed by atoms with Crippen LogP contribution in [0.25, 0.3) is 0 Å². The molecule has 1 fully saturated rings. The van der Waals surface area contributed by atoms with Crippen LogP contribution >= 0.6 is 0 Å². The minimum Gasteiger partial charge on any atom is -0.330 e. The second-order valence-electron chi connectivity index (χ2n) is 5.15. The van der Waals surface area contributed by atoms with Crippen LogP contribution in [-0.2, 0) is 13.0 Å². The van der Waals surface area contributed by atoms with E-state index >= 15 is 0 Å². The molecule has 0 aromatic heterocycles. The van der Waals surface area contributed by atoms with Crippen LogP contribution in [-0.4, -0.2) is 24.5 Å². The minimum atomic E-state index is 0.707. The van der Waals surface area contributed by atoms with E-state index in [0.717, 1.165) is 19.5 Å². The van der Waals surface area contributed by atoms with E-state index in [1.165, 1.54) is 37.1 Å². The molecule has 1 heterocycles. The summed E-state index contributed by atoms with van der Waals surface area (Å²) in [6, 6.07) is 9.04. The number of nitrogens with zero attached hydrogens (tertiary/aromatic N) is 1. The first kappa shape index (κ1) is 12.6. The first-order valence-corrected chi connectivity index (χ1v) is 6.82. The van der Waals surface area contributed by atoms with Gasteiger partial charge in [-0.25, -0.2) is 0 Å². The molecule has 0 unspecified atom stereocenters. The minimum absolute atomic E-state index is 0.707. The summed E-state index contributed by atoms with van der Waals surface area (Å²) in [5.74, 6) is 0.707. The van der Waals surface area contributed by atoms with Gasteiger partial charge in [-0.3, -0.25) is 4.90 Å². The summed E-state index contributed by atoms with van der Waals surface area (Å²) in [5, 5.41) is 0. The largest absolute Gasteiger partial charge is 0.330 e. The molecule has 1 aliphatic rings. The zero-order chi connectivity index (χ0) is 12.1. The van der Waals surface area contributed by atoms with Crippen LogP contribution in [0.4, 0.5) is 0 Å². The van der Waals surface area contributed by atoms with Crippen LogP contribution in [0.15, 0.2) is 24.3 Å². The molecule has 0 aliphatic carbocycles. The fourth-order valence-corrected chi connectivity index (χ4v) is 2.63. The Labute approximate surface area is 105 Å². The van der Waals surface area contributed by atoms with E-state index in [9.17, 15) is 0 Å². The molecule has 1 saturated heterocycles. The Bertz CT molecular complexity index is 331. The third-order valence-electron chi connectivity index (χ3n) is 3.77. The van der Waals surface area contributed by atoms with Crippen molar-refractivity contribution in [1.29, 1.82) is 0 Å². The number of likely N-dealkylation sites (tertiary alicyclic amines) is 1. The summed E-state index contributed by atoms with van der Waals surface area (Å²) in [7, 11) is 0. The average Bonchev–Trinajstić information content (AvgIpc) is 2.40. The molecule has 0 spiro atoms. The Kier molecular flexibility index (Phi) is 4.57. The summed E-state index contributed by atoms with van der Waals surface area (Å²) in [5.41, 5.74) is 8.62. The molecule has 2 rings (SSSR count). The van der Waals surface area contributed by atoms with Crippen molar-refractivity contribution in [2.45, 2.75) is 32.7 Å². The molecule has 2 heteroatoms. The van der Waals surface area contributed by atoms with Gasteiger partial charge in [-0.1, -0.05) is 31.2 Å². The molecule has 1 aromatic carbocycles. The molecule has 1 aliphatic heterocycles. The van der Waals surface area contributed by atoms with Gasteiger partial charge in [0.2, 0.25) is 0 Å².